The zero-order valence-corrected chi connectivity index (χ0v) is 12.8. The number of fused-ring (bicyclic) bond motifs is 1. The van der Waals surface area contributed by atoms with Crippen molar-refractivity contribution >= 4 is 5.78 Å². The lowest BCUT2D eigenvalue weighted by molar-refractivity contribution is 0.0781. The van der Waals surface area contributed by atoms with Crippen molar-refractivity contribution in [3.05, 3.63) is 35.4 Å². The summed E-state index contributed by atoms with van der Waals surface area (Å²) in [5.41, 5.74) is 2.09. The van der Waals surface area contributed by atoms with Gasteiger partial charge in [-0.2, -0.15) is 0 Å². The monoisotopic (exact) mass is 286 g/mol. The van der Waals surface area contributed by atoms with Crippen LogP contribution < -0.4 is 0 Å². The maximum Gasteiger partial charge on any atom is 0.166 e. The Hall–Kier alpha value is -1.15. The number of hydrogen-bond acceptors (Lipinski definition) is 2. The molecule has 2 atom stereocenters. The Labute approximate surface area is 127 Å². The van der Waals surface area contributed by atoms with E-state index in [9.17, 15) is 9.90 Å². The Kier molecular flexibility index (Phi) is 4.74. The zero-order chi connectivity index (χ0) is 14.7. The molecule has 1 fully saturated rings. The van der Waals surface area contributed by atoms with Gasteiger partial charge in [0.1, 0.15) is 0 Å². The smallest absolute Gasteiger partial charge is 0.166 e. The molecule has 2 heteroatoms. The predicted molar refractivity (Wildman–Crippen MR) is 84.4 cm³/mol. The molecule has 2 aliphatic carbocycles. The van der Waals surface area contributed by atoms with Crippen LogP contribution in [0.2, 0.25) is 0 Å². The van der Waals surface area contributed by atoms with Crippen LogP contribution in [-0.2, 0) is 6.42 Å². The standard InChI is InChI=1S/C19H26O2/c20-17(12-14-6-1-2-7-14)13-16-10-5-9-15-8-3-4-11-18(15)19(16)21/h3-4,8,11,14,16-17,20H,1-2,5-7,9-10,12-13H2. The Morgan fingerprint density at radius 3 is 2.62 bits per heavy atom. The first kappa shape index (κ1) is 14.8. The number of carbonyl (C=O) groups excluding carboxylic acids is 1. The summed E-state index contributed by atoms with van der Waals surface area (Å²) in [6.07, 6.45) is 9.38. The van der Waals surface area contributed by atoms with Crippen molar-refractivity contribution in [2.75, 3.05) is 0 Å². The van der Waals surface area contributed by atoms with Gasteiger partial charge in [-0.15, -0.1) is 0 Å². The minimum Gasteiger partial charge on any atom is -0.393 e. The molecular formula is C19H26O2. The van der Waals surface area contributed by atoms with Gasteiger partial charge < -0.3 is 5.11 Å². The number of rotatable bonds is 4. The Balaban J connectivity index is 1.63. The summed E-state index contributed by atoms with van der Waals surface area (Å²) < 4.78 is 0. The molecule has 1 N–H and O–H groups in total. The molecule has 1 aromatic carbocycles. The summed E-state index contributed by atoms with van der Waals surface area (Å²) in [5.74, 6) is 0.965. The molecule has 0 radical (unpaired) electrons. The second-order valence-electron chi connectivity index (χ2n) is 6.89. The third-order valence-corrected chi connectivity index (χ3v) is 5.29. The Bertz CT molecular complexity index is 488. The molecule has 2 aliphatic rings. The summed E-state index contributed by atoms with van der Waals surface area (Å²) >= 11 is 0. The summed E-state index contributed by atoms with van der Waals surface area (Å²) in [6.45, 7) is 0. The van der Waals surface area contributed by atoms with Crippen molar-refractivity contribution in [3.63, 3.8) is 0 Å². The summed E-state index contributed by atoms with van der Waals surface area (Å²) in [7, 11) is 0. The van der Waals surface area contributed by atoms with E-state index in [2.05, 4.69) is 6.07 Å². The van der Waals surface area contributed by atoms with Gasteiger partial charge in [-0.3, -0.25) is 4.79 Å². The van der Waals surface area contributed by atoms with Crippen LogP contribution >= 0.6 is 0 Å². The summed E-state index contributed by atoms with van der Waals surface area (Å²) in [5, 5.41) is 10.4. The SMILES string of the molecule is O=C1c2ccccc2CCCC1CC(O)CC1CCCC1. The topological polar surface area (TPSA) is 37.3 Å². The number of benzene rings is 1. The van der Waals surface area contributed by atoms with E-state index < -0.39 is 0 Å². The van der Waals surface area contributed by atoms with E-state index in [1.165, 1.54) is 31.2 Å². The fourth-order valence-corrected chi connectivity index (χ4v) is 4.15. The number of hydrogen-bond donors (Lipinski definition) is 1. The van der Waals surface area contributed by atoms with Gasteiger partial charge in [-0.05, 0) is 43.6 Å². The third-order valence-electron chi connectivity index (χ3n) is 5.29. The van der Waals surface area contributed by atoms with Crippen LogP contribution in [0.1, 0.15) is 67.3 Å². The third kappa shape index (κ3) is 3.55. The van der Waals surface area contributed by atoms with E-state index in [0.717, 1.165) is 31.2 Å². The predicted octanol–water partition coefficient (Wildman–Crippen LogP) is 4.15. The van der Waals surface area contributed by atoms with Gasteiger partial charge >= 0.3 is 0 Å². The largest absolute Gasteiger partial charge is 0.393 e. The van der Waals surface area contributed by atoms with E-state index in [1.54, 1.807) is 0 Å². The number of aliphatic hydroxyl groups excluding tert-OH is 1. The highest BCUT2D eigenvalue weighted by Gasteiger charge is 2.28. The van der Waals surface area contributed by atoms with E-state index in [1.807, 2.05) is 18.2 Å². The molecule has 21 heavy (non-hydrogen) atoms. The number of Topliss-reactive ketones (excluding diaryl/α,β-unsaturated/α-hetero) is 1. The minimum atomic E-state index is -0.299. The zero-order valence-electron chi connectivity index (χ0n) is 12.8. The molecule has 0 aliphatic heterocycles. The van der Waals surface area contributed by atoms with Crippen molar-refractivity contribution in [1.82, 2.24) is 0 Å². The molecule has 0 amide bonds. The molecule has 1 aromatic rings. The first-order valence-electron chi connectivity index (χ1n) is 8.54. The molecule has 114 valence electrons. The minimum absolute atomic E-state index is 0.0186. The molecule has 2 nitrogen and oxygen atoms in total. The maximum atomic E-state index is 12.7. The van der Waals surface area contributed by atoms with Gasteiger partial charge in [0.05, 0.1) is 6.10 Å². The van der Waals surface area contributed by atoms with Crippen molar-refractivity contribution in [2.45, 2.75) is 63.9 Å². The first-order valence-corrected chi connectivity index (χ1v) is 8.54. The second kappa shape index (κ2) is 6.74. The van der Waals surface area contributed by atoms with Gasteiger partial charge in [-0.25, -0.2) is 0 Å². The number of aliphatic hydroxyl groups is 1. The van der Waals surface area contributed by atoms with Crippen LogP contribution in [0.5, 0.6) is 0 Å². The van der Waals surface area contributed by atoms with Gasteiger partial charge in [0.15, 0.2) is 5.78 Å². The molecule has 0 aromatic heterocycles. The highest BCUT2D eigenvalue weighted by molar-refractivity contribution is 5.99. The number of aryl methyl sites for hydroxylation is 1. The van der Waals surface area contributed by atoms with E-state index in [-0.39, 0.29) is 17.8 Å². The molecule has 1 saturated carbocycles. The van der Waals surface area contributed by atoms with Crippen LogP contribution in [-0.4, -0.2) is 17.0 Å². The Morgan fingerprint density at radius 2 is 1.81 bits per heavy atom. The van der Waals surface area contributed by atoms with Gasteiger partial charge in [0.25, 0.3) is 0 Å². The molecule has 0 saturated heterocycles. The summed E-state index contributed by atoms with van der Waals surface area (Å²) in [6, 6.07) is 8.00. The Morgan fingerprint density at radius 1 is 1.05 bits per heavy atom. The molecule has 2 unspecified atom stereocenters. The fraction of sp³-hybridized carbons (Fsp3) is 0.632. The molecule has 3 rings (SSSR count). The lowest BCUT2D eigenvalue weighted by Crippen LogP contribution is -2.22. The van der Waals surface area contributed by atoms with Gasteiger partial charge in [0.2, 0.25) is 0 Å². The average molecular weight is 286 g/mol. The van der Waals surface area contributed by atoms with Crippen LogP contribution in [0.25, 0.3) is 0 Å². The van der Waals surface area contributed by atoms with E-state index >= 15 is 0 Å². The molecular weight excluding hydrogens is 260 g/mol. The molecule has 0 spiro atoms. The van der Waals surface area contributed by atoms with Crippen molar-refractivity contribution in [1.29, 1.82) is 0 Å². The van der Waals surface area contributed by atoms with Crippen molar-refractivity contribution in [2.24, 2.45) is 11.8 Å². The highest BCUT2D eigenvalue weighted by atomic mass is 16.3. The van der Waals surface area contributed by atoms with Gasteiger partial charge in [0, 0.05) is 11.5 Å². The molecule has 0 bridgehead atoms. The average Bonchev–Trinajstić information content (AvgIpc) is 2.93. The normalized spacial score (nSPS) is 24.6. The number of ketones is 1. The van der Waals surface area contributed by atoms with Crippen LogP contribution in [0.4, 0.5) is 0 Å². The lowest BCUT2D eigenvalue weighted by Gasteiger charge is -2.20. The van der Waals surface area contributed by atoms with Crippen LogP contribution in [0, 0.1) is 11.8 Å². The fourth-order valence-electron chi connectivity index (χ4n) is 4.15. The highest BCUT2D eigenvalue weighted by Crippen LogP contribution is 2.32. The van der Waals surface area contributed by atoms with E-state index in [4.69, 9.17) is 0 Å². The maximum absolute atomic E-state index is 12.7. The van der Waals surface area contributed by atoms with Crippen LogP contribution in [0.3, 0.4) is 0 Å². The van der Waals surface area contributed by atoms with E-state index in [0.29, 0.717) is 12.3 Å². The quantitative estimate of drug-likeness (QED) is 0.844. The molecule has 0 heterocycles. The van der Waals surface area contributed by atoms with Crippen molar-refractivity contribution in [3.8, 4) is 0 Å². The first-order chi connectivity index (χ1) is 10.2. The summed E-state index contributed by atoms with van der Waals surface area (Å²) in [4.78, 5) is 12.7. The van der Waals surface area contributed by atoms with Gasteiger partial charge in [-0.1, -0.05) is 49.9 Å². The van der Waals surface area contributed by atoms with Crippen LogP contribution in [0.15, 0.2) is 24.3 Å². The lowest BCUT2D eigenvalue weighted by atomic mass is 9.87. The second-order valence-corrected chi connectivity index (χ2v) is 6.89. The number of carbonyl (C=O) groups is 1. The van der Waals surface area contributed by atoms with Crippen molar-refractivity contribution < 1.29 is 9.90 Å².